The van der Waals surface area contributed by atoms with Gasteiger partial charge in [-0.3, -0.25) is 4.79 Å². The number of nitrogens with zero attached hydrogens (tertiary/aromatic N) is 1. The maximum Gasteiger partial charge on any atom is 0.243 e. The predicted molar refractivity (Wildman–Crippen MR) is 129 cm³/mol. The molecule has 1 heterocycles. The number of benzene rings is 2. The van der Waals surface area contributed by atoms with E-state index in [1.54, 1.807) is 25.3 Å². The molecule has 0 bridgehead atoms. The van der Waals surface area contributed by atoms with Gasteiger partial charge in [0, 0.05) is 19.5 Å². The van der Waals surface area contributed by atoms with E-state index in [9.17, 15) is 13.2 Å². The zero-order valence-electron chi connectivity index (χ0n) is 19.6. The Kier molecular flexibility index (Phi) is 7.39. The third-order valence-corrected chi connectivity index (χ3v) is 8.72. The van der Waals surface area contributed by atoms with E-state index in [0.717, 1.165) is 36.8 Å². The minimum Gasteiger partial charge on any atom is -0.496 e. The summed E-state index contributed by atoms with van der Waals surface area (Å²) in [6, 6.07) is 11.4. The number of ether oxygens (including phenoxy) is 1. The normalized spacial score (nSPS) is 17.4. The first-order valence-corrected chi connectivity index (χ1v) is 13.4. The molecule has 1 amide bonds. The molecule has 178 valence electrons. The molecule has 7 heteroatoms. The number of amides is 1. The number of fused-ring (bicyclic) bond motifs is 1. The minimum atomic E-state index is -3.51. The highest BCUT2D eigenvalue weighted by molar-refractivity contribution is 7.89. The van der Waals surface area contributed by atoms with Crippen LogP contribution in [0.25, 0.3) is 0 Å². The third-order valence-electron chi connectivity index (χ3n) is 6.83. The molecular formula is C26H34N2O4S. The summed E-state index contributed by atoms with van der Waals surface area (Å²) in [6.07, 6.45) is 7.20. The molecule has 33 heavy (non-hydrogen) atoms. The highest BCUT2D eigenvalue weighted by Gasteiger charge is 2.28. The number of nitrogens with one attached hydrogen (secondary N) is 1. The molecule has 1 fully saturated rings. The summed E-state index contributed by atoms with van der Waals surface area (Å²) in [5, 5.41) is 3.09. The zero-order valence-corrected chi connectivity index (χ0v) is 20.4. The van der Waals surface area contributed by atoms with Gasteiger partial charge >= 0.3 is 0 Å². The van der Waals surface area contributed by atoms with E-state index >= 15 is 0 Å². The number of hydrogen-bond acceptors (Lipinski definition) is 4. The fraction of sp³-hybridized carbons (Fsp3) is 0.500. The maximum absolute atomic E-state index is 12.9. The number of rotatable bonds is 8. The van der Waals surface area contributed by atoms with Gasteiger partial charge in [0.25, 0.3) is 0 Å². The lowest BCUT2D eigenvalue weighted by Gasteiger charge is -2.20. The predicted octanol–water partition coefficient (Wildman–Crippen LogP) is 4.17. The average Bonchev–Trinajstić information content (AvgIpc) is 3.38. The first kappa shape index (κ1) is 23.8. The van der Waals surface area contributed by atoms with Crippen molar-refractivity contribution in [1.82, 2.24) is 9.62 Å². The van der Waals surface area contributed by atoms with Crippen LogP contribution in [0.3, 0.4) is 0 Å². The highest BCUT2D eigenvalue weighted by atomic mass is 32.2. The molecule has 4 rings (SSSR count). The van der Waals surface area contributed by atoms with E-state index < -0.39 is 10.0 Å². The number of carbonyl (C=O) groups excluding carboxylic acids is 1. The second-order valence-electron chi connectivity index (χ2n) is 9.11. The smallest absolute Gasteiger partial charge is 0.243 e. The van der Waals surface area contributed by atoms with Gasteiger partial charge in [0.1, 0.15) is 5.75 Å². The van der Waals surface area contributed by atoms with Gasteiger partial charge in [-0.05, 0) is 92.3 Å². The quantitative estimate of drug-likeness (QED) is 0.628. The van der Waals surface area contributed by atoms with Crippen LogP contribution in [0.5, 0.6) is 5.75 Å². The summed E-state index contributed by atoms with van der Waals surface area (Å²) < 4.78 is 32.8. The number of sulfonamides is 1. The molecule has 1 saturated heterocycles. The van der Waals surface area contributed by atoms with Gasteiger partial charge in [-0.25, -0.2) is 8.42 Å². The standard InChI is InChI=1S/C26H34N2O4S/c1-19(21-10-9-20-7-3-4-8-22(20)17-21)27-26(29)14-11-23-18-24(12-13-25(23)32-2)33(30,31)28-15-5-6-16-28/h9-10,12-13,17-19H,3-8,11,14-16H2,1-2H3,(H,27,29). The molecular weight excluding hydrogens is 436 g/mol. The van der Waals surface area contributed by atoms with Gasteiger partial charge in [-0.15, -0.1) is 0 Å². The van der Waals surface area contributed by atoms with Crippen LogP contribution in [0.15, 0.2) is 41.3 Å². The van der Waals surface area contributed by atoms with Crippen LogP contribution in [0.4, 0.5) is 0 Å². The summed E-state index contributed by atoms with van der Waals surface area (Å²) in [5.41, 5.74) is 4.69. The van der Waals surface area contributed by atoms with Gasteiger partial charge < -0.3 is 10.1 Å². The number of aryl methyl sites for hydroxylation is 3. The summed E-state index contributed by atoms with van der Waals surface area (Å²) in [5.74, 6) is 0.543. The topological polar surface area (TPSA) is 75.7 Å². The Morgan fingerprint density at radius 2 is 1.76 bits per heavy atom. The number of hydrogen-bond donors (Lipinski definition) is 1. The lowest BCUT2D eigenvalue weighted by molar-refractivity contribution is -0.121. The Bertz CT molecular complexity index is 1110. The SMILES string of the molecule is COc1ccc(S(=O)(=O)N2CCCC2)cc1CCC(=O)NC(C)c1ccc2c(c1)CCCC2. The average molecular weight is 471 g/mol. The van der Waals surface area contributed by atoms with Gasteiger partial charge in [0.15, 0.2) is 0 Å². The number of methoxy groups -OCH3 is 1. The lowest BCUT2D eigenvalue weighted by Crippen LogP contribution is -2.28. The van der Waals surface area contributed by atoms with Crippen LogP contribution in [-0.4, -0.2) is 38.8 Å². The Balaban J connectivity index is 1.41. The van der Waals surface area contributed by atoms with Crippen LogP contribution in [0.1, 0.15) is 67.3 Å². The molecule has 1 aliphatic heterocycles. The molecule has 2 aliphatic rings. The van der Waals surface area contributed by atoms with E-state index in [4.69, 9.17) is 4.74 Å². The van der Waals surface area contributed by atoms with Crippen molar-refractivity contribution in [3.8, 4) is 5.75 Å². The van der Waals surface area contributed by atoms with Crippen molar-refractivity contribution in [3.05, 3.63) is 58.7 Å². The molecule has 0 spiro atoms. The summed E-state index contributed by atoms with van der Waals surface area (Å²) in [7, 11) is -1.95. The molecule has 0 aromatic heterocycles. The van der Waals surface area contributed by atoms with Gasteiger partial charge in [-0.1, -0.05) is 18.2 Å². The molecule has 6 nitrogen and oxygen atoms in total. The molecule has 1 aliphatic carbocycles. The van der Waals surface area contributed by atoms with Gasteiger partial charge in [-0.2, -0.15) is 4.31 Å². The van der Waals surface area contributed by atoms with Crippen LogP contribution in [0.2, 0.25) is 0 Å². The Morgan fingerprint density at radius 1 is 1.03 bits per heavy atom. The molecule has 2 aromatic rings. The van der Waals surface area contributed by atoms with Crippen molar-refractivity contribution in [3.63, 3.8) is 0 Å². The summed E-state index contributed by atoms with van der Waals surface area (Å²) in [6.45, 7) is 3.13. The van der Waals surface area contributed by atoms with Crippen molar-refractivity contribution < 1.29 is 17.9 Å². The fourth-order valence-electron chi connectivity index (χ4n) is 4.86. The second kappa shape index (κ2) is 10.3. The minimum absolute atomic E-state index is 0.0601. The number of carbonyl (C=O) groups is 1. The highest BCUT2D eigenvalue weighted by Crippen LogP contribution is 2.28. The van der Waals surface area contributed by atoms with E-state index in [1.807, 2.05) is 6.92 Å². The summed E-state index contributed by atoms with van der Waals surface area (Å²) >= 11 is 0. The van der Waals surface area contributed by atoms with E-state index in [2.05, 4.69) is 23.5 Å². The fourth-order valence-corrected chi connectivity index (χ4v) is 6.42. The summed E-state index contributed by atoms with van der Waals surface area (Å²) in [4.78, 5) is 13.0. The van der Waals surface area contributed by atoms with Crippen molar-refractivity contribution in [2.75, 3.05) is 20.2 Å². The van der Waals surface area contributed by atoms with Crippen LogP contribution in [-0.2, 0) is 34.1 Å². The van der Waals surface area contributed by atoms with Crippen molar-refractivity contribution in [2.24, 2.45) is 0 Å². The Hall–Kier alpha value is -2.38. The van der Waals surface area contributed by atoms with Crippen LogP contribution in [0, 0.1) is 0 Å². The molecule has 1 atom stereocenters. The van der Waals surface area contributed by atoms with Gasteiger partial charge in [0.05, 0.1) is 18.0 Å². The van der Waals surface area contributed by atoms with E-state index in [-0.39, 0.29) is 23.3 Å². The first-order chi connectivity index (χ1) is 15.9. The lowest BCUT2D eigenvalue weighted by atomic mass is 9.89. The molecule has 0 radical (unpaired) electrons. The van der Waals surface area contributed by atoms with Crippen molar-refractivity contribution in [1.29, 1.82) is 0 Å². The monoisotopic (exact) mass is 470 g/mol. The van der Waals surface area contributed by atoms with Crippen molar-refractivity contribution >= 4 is 15.9 Å². The van der Waals surface area contributed by atoms with E-state index in [0.29, 0.717) is 25.3 Å². The largest absolute Gasteiger partial charge is 0.496 e. The zero-order chi connectivity index (χ0) is 23.4. The first-order valence-electron chi connectivity index (χ1n) is 12.0. The molecule has 0 saturated carbocycles. The van der Waals surface area contributed by atoms with E-state index in [1.165, 1.54) is 28.3 Å². The Morgan fingerprint density at radius 3 is 2.48 bits per heavy atom. The maximum atomic E-state index is 12.9. The second-order valence-corrected chi connectivity index (χ2v) is 11.0. The van der Waals surface area contributed by atoms with Crippen molar-refractivity contribution in [2.45, 2.75) is 69.2 Å². The molecule has 1 N–H and O–H groups in total. The van der Waals surface area contributed by atoms with Crippen LogP contribution < -0.4 is 10.1 Å². The third kappa shape index (κ3) is 5.41. The molecule has 1 unspecified atom stereocenters. The molecule has 2 aromatic carbocycles. The van der Waals surface area contributed by atoms with Gasteiger partial charge in [0.2, 0.25) is 15.9 Å². The Labute approximate surface area is 197 Å². The van der Waals surface area contributed by atoms with Crippen LogP contribution >= 0.6 is 0 Å².